The summed E-state index contributed by atoms with van der Waals surface area (Å²) >= 11 is 0. The van der Waals surface area contributed by atoms with Crippen LogP contribution in [0.3, 0.4) is 0 Å². The molecule has 0 spiro atoms. The first-order chi connectivity index (χ1) is 27.0. The van der Waals surface area contributed by atoms with Gasteiger partial charge < -0.3 is 9.88 Å². The number of fused-ring (bicyclic) bond motifs is 7. The molecule has 2 aromatic heterocycles. The number of hydrogen-bond acceptors (Lipinski definition) is 1. The van der Waals surface area contributed by atoms with E-state index in [1.54, 1.807) is 0 Å². The highest BCUT2D eigenvalue weighted by Crippen LogP contribution is 2.45. The number of hydrogen-bond donors (Lipinski definition) is 1. The van der Waals surface area contributed by atoms with Gasteiger partial charge in [-0.05, 0) is 74.8 Å². The summed E-state index contributed by atoms with van der Waals surface area (Å²) < 4.78 is 4.87. The number of amidine groups is 1. The van der Waals surface area contributed by atoms with E-state index in [2.05, 4.69) is 175 Å². The molecule has 0 saturated heterocycles. The molecule has 2 aliphatic carbocycles. The maximum absolute atomic E-state index is 5.52. The molecule has 7 aromatic rings. The van der Waals surface area contributed by atoms with Crippen LogP contribution in [0.5, 0.6) is 0 Å². The summed E-state index contributed by atoms with van der Waals surface area (Å²) in [6.07, 6.45) is 16.9. The van der Waals surface area contributed by atoms with Crippen molar-refractivity contribution in [2.45, 2.75) is 58.4 Å². The Bertz CT molecular complexity index is 2800. The summed E-state index contributed by atoms with van der Waals surface area (Å²) in [7, 11) is 1.94. The highest BCUT2D eigenvalue weighted by atomic mass is 15.2. The SMILES string of the molecule is CCC(C)(C)/N=C(\N=C(/NC)c1ccccc1)n1c2ccccc2c2ccc3c4ccccc4n(C4=CCCC=C4c4ccccc4C4=CCCC=C4)c3c21. The van der Waals surface area contributed by atoms with Gasteiger partial charge in [0.2, 0.25) is 5.96 Å². The molecule has 0 atom stereocenters. The zero-order valence-corrected chi connectivity index (χ0v) is 32.2. The van der Waals surface area contributed by atoms with Crippen molar-refractivity contribution >= 4 is 72.3 Å². The van der Waals surface area contributed by atoms with E-state index in [4.69, 9.17) is 9.98 Å². The lowest BCUT2D eigenvalue weighted by Gasteiger charge is -2.23. The van der Waals surface area contributed by atoms with E-state index in [9.17, 15) is 0 Å². The fourth-order valence-electron chi connectivity index (χ4n) is 8.30. The second-order valence-electron chi connectivity index (χ2n) is 15.2. The quantitative estimate of drug-likeness (QED) is 0.135. The summed E-state index contributed by atoms with van der Waals surface area (Å²) in [5, 5.41) is 8.20. The molecule has 5 heteroatoms. The summed E-state index contributed by atoms with van der Waals surface area (Å²) in [6, 6.07) is 41.5. The largest absolute Gasteiger partial charge is 0.373 e. The molecule has 0 fully saturated rings. The van der Waals surface area contributed by atoms with Gasteiger partial charge in [-0.3, -0.25) is 4.57 Å². The van der Waals surface area contributed by atoms with Crippen molar-refractivity contribution in [3.05, 3.63) is 162 Å². The van der Waals surface area contributed by atoms with Gasteiger partial charge in [0.05, 0.1) is 27.6 Å². The molecule has 2 heterocycles. The highest BCUT2D eigenvalue weighted by Gasteiger charge is 2.27. The number of aliphatic imine (C=N–C) groups is 2. The van der Waals surface area contributed by atoms with Gasteiger partial charge in [0, 0.05) is 45.4 Å². The summed E-state index contributed by atoms with van der Waals surface area (Å²) in [6.45, 7) is 6.59. The lowest BCUT2D eigenvalue weighted by atomic mass is 9.88. The summed E-state index contributed by atoms with van der Waals surface area (Å²) in [5.74, 6) is 1.43. The Balaban J connectivity index is 1.40. The minimum atomic E-state index is -0.361. The van der Waals surface area contributed by atoms with Crippen LogP contribution < -0.4 is 5.32 Å². The molecular weight excluding hydrogens is 671 g/mol. The third-order valence-electron chi connectivity index (χ3n) is 11.3. The van der Waals surface area contributed by atoms with Crippen molar-refractivity contribution in [2.75, 3.05) is 7.05 Å². The molecule has 1 N–H and O–H groups in total. The average Bonchev–Trinajstić information content (AvgIpc) is 3.76. The number of nitrogens with one attached hydrogen (secondary N) is 1. The first-order valence-electron chi connectivity index (χ1n) is 19.7. The van der Waals surface area contributed by atoms with Crippen LogP contribution in [0, 0.1) is 0 Å². The van der Waals surface area contributed by atoms with E-state index in [0.29, 0.717) is 5.96 Å². The second-order valence-corrected chi connectivity index (χ2v) is 15.2. The number of rotatable bonds is 6. The van der Waals surface area contributed by atoms with Crippen LogP contribution in [0.25, 0.3) is 60.5 Å². The van der Waals surface area contributed by atoms with Crippen LogP contribution >= 0.6 is 0 Å². The van der Waals surface area contributed by atoms with Gasteiger partial charge in [-0.25, -0.2) is 4.99 Å². The van der Waals surface area contributed by atoms with Crippen LogP contribution in [0.2, 0.25) is 0 Å². The first kappa shape index (κ1) is 34.6. The Kier molecular flexibility index (Phi) is 8.94. The van der Waals surface area contributed by atoms with Crippen molar-refractivity contribution in [1.29, 1.82) is 0 Å². The predicted octanol–water partition coefficient (Wildman–Crippen LogP) is 12.4. The first-order valence-corrected chi connectivity index (χ1v) is 19.7. The number of allylic oxidation sites excluding steroid dienone is 8. The monoisotopic (exact) mass is 717 g/mol. The molecule has 2 aliphatic rings. The van der Waals surface area contributed by atoms with Crippen molar-refractivity contribution in [1.82, 2.24) is 14.5 Å². The average molecular weight is 718 g/mol. The minimum absolute atomic E-state index is 0.361. The number of para-hydroxylation sites is 2. The van der Waals surface area contributed by atoms with E-state index < -0.39 is 0 Å². The summed E-state index contributed by atoms with van der Waals surface area (Å²) in [5.41, 5.74) is 11.5. The van der Waals surface area contributed by atoms with E-state index in [1.807, 2.05) is 13.1 Å². The molecule has 0 amide bonds. The number of nitrogens with zero attached hydrogens (tertiary/aromatic N) is 4. The predicted molar refractivity (Wildman–Crippen MR) is 236 cm³/mol. The smallest absolute Gasteiger partial charge is 0.232 e. The zero-order valence-electron chi connectivity index (χ0n) is 32.2. The minimum Gasteiger partial charge on any atom is -0.373 e. The van der Waals surface area contributed by atoms with Crippen molar-refractivity contribution in [2.24, 2.45) is 9.98 Å². The molecule has 5 nitrogen and oxygen atoms in total. The van der Waals surface area contributed by atoms with Crippen LogP contribution in [0.1, 0.15) is 69.6 Å². The molecule has 272 valence electrons. The molecule has 0 unspecified atom stereocenters. The van der Waals surface area contributed by atoms with E-state index in [-0.39, 0.29) is 5.54 Å². The Labute approximate surface area is 323 Å². The fourth-order valence-corrected chi connectivity index (χ4v) is 8.30. The molecular formula is C50H47N5. The van der Waals surface area contributed by atoms with Gasteiger partial charge in [0.15, 0.2) is 0 Å². The molecule has 5 aromatic carbocycles. The third kappa shape index (κ3) is 6.04. The van der Waals surface area contributed by atoms with E-state index >= 15 is 0 Å². The Hall–Kier alpha value is -6.20. The second kappa shape index (κ2) is 14.2. The molecule has 0 radical (unpaired) electrons. The number of aromatic nitrogens is 2. The Morgan fingerprint density at radius 1 is 0.655 bits per heavy atom. The molecule has 0 bridgehead atoms. The molecule has 9 rings (SSSR count). The molecule has 55 heavy (non-hydrogen) atoms. The fraction of sp³-hybridized carbons (Fsp3) is 0.200. The van der Waals surface area contributed by atoms with E-state index in [0.717, 1.165) is 60.1 Å². The van der Waals surface area contributed by atoms with Gasteiger partial charge >= 0.3 is 0 Å². The van der Waals surface area contributed by atoms with Crippen molar-refractivity contribution in [3.8, 4) is 0 Å². The lowest BCUT2D eigenvalue weighted by molar-refractivity contribution is 0.503. The Morgan fingerprint density at radius 3 is 2.02 bits per heavy atom. The van der Waals surface area contributed by atoms with Crippen molar-refractivity contribution in [3.63, 3.8) is 0 Å². The maximum atomic E-state index is 5.52. The zero-order chi connectivity index (χ0) is 37.5. The van der Waals surface area contributed by atoms with Crippen LogP contribution in [0.4, 0.5) is 0 Å². The van der Waals surface area contributed by atoms with Crippen LogP contribution in [0.15, 0.2) is 156 Å². The third-order valence-corrected chi connectivity index (χ3v) is 11.3. The maximum Gasteiger partial charge on any atom is 0.232 e. The van der Waals surface area contributed by atoms with Gasteiger partial charge in [0.25, 0.3) is 0 Å². The van der Waals surface area contributed by atoms with Crippen LogP contribution in [-0.4, -0.2) is 33.5 Å². The summed E-state index contributed by atoms with van der Waals surface area (Å²) in [4.78, 5) is 11.0. The molecule has 0 saturated carbocycles. The van der Waals surface area contributed by atoms with Crippen LogP contribution in [-0.2, 0) is 0 Å². The highest BCUT2D eigenvalue weighted by molar-refractivity contribution is 6.27. The van der Waals surface area contributed by atoms with Gasteiger partial charge in [-0.2, -0.15) is 4.99 Å². The normalized spacial score (nSPS) is 15.5. The van der Waals surface area contributed by atoms with Gasteiger partial charge in [-0.15, -0.1) is 0 Å². The topological polar surface area (TPSA) is 46.6 Å². The van der Waals surface area contributed by atoms with Gasteiger partial charge in [-0.1, -0.05) is 140 Å². The molecule has 0 aliphatic heterocycles. The van der Waals surface area contributed by atoms with E-state index in [1.165, 1.54) is 55.0 Å². The lowest BCUT2D eigenvalue weighted by Crippen LogP contribution is -2.26. The van der Waals surface area contributed by atoms with Crippen molar-refractivity contribution < 1.29 is 0 Å². The standard InChI is InChI=1S/C50H47N5/c1-5-50(2,3)53-49(52-48(51-4)35-22-10-7-11-23-35)55-45-31-19-16-28-40(45)42-33-32-41-39-27-15-18-30-44(39)54(46(41)47(42)55)43-29-17-14-26-38(43)37-25-13-12-24-36(37)34-20-8-6-9-21-34/h7-8,10-13,15-16,18-33H,5-6,9,14,17H2,1-4H3,(H,51,52,53). The number of benzene rings is 5. The van der Waals surface area contributed by atoms with Gasteiger partial charge in [0.1, 0.15) is 5.84 Å². The Morgan fingerprint density at radius 2 is 1.29 bits per heavy atom.